The molecular weight excluding hydrogens is 355 g/mol. The fourth-order valence-corrected chi connectivity index (χ4v) is 3.59. The average Bonchev–Trinajstić information content (AvgIpc) is 2.54. The van der Waals surface area contributed by atoms with Crippen molar-refractivity contribution in [3.8, 4) is 5.75 Å². The maximum absolute atomic E-state index is 10.1. The number of benzene rings is 2. The normalized spacial score (nSPS) is 15.9. The molecule has 0 aromatic heterocycles. The van der Waals surface area contributed by atoms with Crippen LogP contribution in [0.4, 0.5) is 5.69 Å². The fraction of sp³-hybridized carbons (Fsp3) is 0.294. The Hall–Kier alpha value is -1.13. The first-order chi connectivity index (χ1) is 11.0. The smallest absolute Gasteiger partial charge is 0.143 e. The van der Waals surface area contributed by atoms with Crippen molar-refractivity contribution < 1.29 is 10.0 Å². The van der Waals surface area contributed by atoms with Gasteiger partial charge in [0.1, 0.15) is 12.3 Å². The van der Waals surface area contributed by atoms with Gasteiger partial charge in [0.15, 0.2) is 0 Å². The molecule has 0 unspecified atom stereocenters. The molecule has 0 aliphatic carbocycles. The van der Waals surface area contributed by atoms with Gasteiger partial charge in [0.05, 0.1) is 36.8 Å². The van der Waals surface area contributed by atoms with E-state index in [0.717, 1.165) is 43.3 Å². The molecule has 0 atom stereocenters. The van der Waals surface area contributed by atoms with Gasteiger partial charge in [-0.3, -0.25) is 0 Å². The Bertz CT molecular complexity index is 683. The summed E-state index contributed by atoms with van der Waals surface area (Å²) in [5, 5.41) is 11.7. The second-order valence-corrected chi connectivity index (χ2v) is 7.07. The molecule has 2 N–H and O–H groups in total. The first-order valence-corrected chi connectivity index (χ1v) is 8.67. The summed E-state index contributed by atoms with van der Waals surface area (Å²) in [5.74, 6) is 0.142. The number of hydrogen-bond acceptors (Lipinski definition) is 2. The van der Waals surface area contributed by atoms with Gasteiger partial charge in [-0.15, -0.1) is 0 Å². The monoisotopic (exact) mass is 371 g/mol. The van der Waals surface area contributed by atoms with E-state index in [4.69, 9.17) is 34.8 Å². The van der Waals surface area contributed by atoms with E-state index in [9.17, 15) is 5.11 Å². The van der Waals surface area contributed by atoms with Gasteiger partial charge in [0, 0.05) is 15.7 Å². The minimum atomic E-state index is 0.142. The Morgan fingerprint density at radius 3 is 2.26 bits per heavy atom. The number of nitrogens with zero attached hydrogens (tertiary/aromatic N) is 1. The van der Waals surface area contributed by atoms with Crippen LogP contribution in [-0.4, -0.2) is 31.3 Å². The van der Waals surface area contributed by atoms with Crippen molar-refractivity contribution in [1.29, 1.82) is 0 Å². The third kappa shape index (κ3) is 4.04. The molecule has 0 spiro atoms. The number of quaternary nitrogens is 1. The van der Waals surface area contributed by atoms with Crippen LogP contribution >= 0.6 is 34.8 Å². The summed E-state index contributed by atoms with van der Waals surface area (Å²) in [6.07, 6.45) is 0. The Kier molecular flexibility index (Phi) is 5.22. The van der Waals surface area contributed by atoms with Crippen LogP contribution in [0.5, 0.6) is 5.75 Å². The predicted octanol–water partition coefficient (Wildman–Crippen LogP) is 3.26. The van der Waals surface area contributed by atoms with Crippen LogP contribution in [0.2, 0.25) is 15.1 Å². The Labute approximate surface area is 151 Å². The zero-order chi connectivity index (χ0) is 16.4. The van der Waals surface area contributed by atoms with Gasteiger partial charge in [0.2, 0.25) is 0 Å². The molecule has 0 bridgehead atoms. The maximum atomic E-state index is 10.1. The van der Waals surface area contributed by atoms with Crippen molar-refractivity contribution in [3.05, 3.63) is 57.0 Å². The molecule has 1 aliphatic heterocycles. The number of nitrogens with one attached hydrogen (secondary N) is 1. The average molecular weight is 373 g/mol. The molecule has 23 heavy (non-hydrogen) atoms. The first-order valence-electron chi connectivity index (χ1n) is 7.54. The quantitative estimate of drug-likeness (QED) is 0.865. The Balaban J connectivity index is 1.62. The molecule has 1 saturated heterocycles. The highest BCUT2D eigenvalue weighted by molar-refractivity contribution is 6.35. The Morgan fingerprint density at radius 1 is 0.957 bits per heavy atom. The van der Waals surface area contributed by atoms with Gasteiger partial charge >= 0.3 is 0 Å². The molecule has 3 rings (SSSR count). The standard InChI is InChI=1S/C17H17Cl3N2O/c18-13-1-3-15(4-2-13)22-7-5-21(6-8-22)11-12-9-14(19)10-16(20)17(12)23/h1-4,9-10,23H,5-8,11H2/p+1. The number of hydrogen-bond donors (Lipinski definition) is 2. The summed E-state index contributed by atoms with van der Waals surface area (Å²) in [6, 6.07) is 11.3. The minimum Gasteiger partial charge on any atom is -0.506 e. The van der Waals surface area contributed by atoms with Gasteiger partial charge in [-0.05, 0) is 36.4 Å². The fourth-order valence-electron chi connectivity index (χ4n) is 2.93. The number of anilines is 1. The van der Waals surface area contributed by atoms with Gasteiger partial charge in [0.25, 0.3) is 0 Å². The zero-order valence-electron chi connectivity index (χ0n) is 12.5. The summed E-state index contributed by atoms with van der Waals surface area (Å²) < 4.78 is 0. The van der Waals surface area contributed by atoms with Crippen molar-refractivity contribution in [2.45, 2.75) is 6.54 Å². The number of phenolic OH excluding ortho intramolecular Hbond substituents is 1. The van der Waals surface area contributed by atoms with Gasteiger partial charge in [-0.2, -0.15) is 0 Å². The molecule has 0 amide bonds. The summed E-state index contributed by atoms with van der Waals surface area (Å²) in [6.45, 7) is 4.64. The molecule has 0 radical (unpaired) electrons. The largest absolute Gasteiger partial charge is 0.506 e. The van der Waals surface area contributed by atoms with E-state index in [2.05, 4.69) is 17.0 Å². The number of rotatable bonds is 3. The van der Waals surface area contributed by atoms with E-state index in [-0.39, 0.29) is 5.75 Å². The van der Waals surface area contributed by atoms with Crippen LogP contribution < -0.4 is 9.80 Å². The minimum absolute atomic E-state index is 0.142. The zero-order valence-corrected chi connectivity index (χ0v) is 14.8. The first kappa shape index (κ1) is 16.7. The highest BCUT2D eigenvalue weighted by Gasteiger charge is 2.22. The second-order valence-electron chi connectivity index (χ2n) is 5.79. The summed E-state index contributed by atoms with van der Waals surface area (Å²) in [7, 11) is 0. The van der Waals surface area contributed by atoms with Crippen molar-refractivity contribution >= 4 is 40.5 Å². The van der Waals surface area contributed by atoms with E-state index in [1.165, 1.54) is 10.6 Å². The van der Waals surface area contributed by atoms with Crippen LogP contribution in [0.3, 0.4) is 0 Å². The molecular formula is C17H18Cl3N2O+. The molecule has 1 fully saturated rings. The van der Waals surface area contributed by atoms with E-state index in [0.29, 0.717) is 10.0 Å². The summed E-state index contributed by atoms with van der Waals surface area (Å²) in [4.78, 5) is 3.76. The number of piperazine rings is 1. The van der Waals surface area contributed by atoms with Crippen LogP contribution in [0.1, 0.15) is 5.56 Å². The van der Waals surface area contributed by atoms with Crippen LogP contribution in [0.15, 0.2) is 36.4 Å². The van der Waals surface area contributed by atoms with Gasteiger partial charge in [-0.1, -0.05) is 34.8 Å². The lowest BCUT2D eigenvalue weighted by Gasteiger charge is -2.33. The third-order valence-corrected chi connectivity index (χ3v) is 4.97. The lowest BCUT2D eigenvalue weighted by atomic mass is 10.1. The predicted molar refractivity (Wildman–Crippen MR) is 96.2 cm³/mol. The highest BCUT2D eigenvalue weighted by Crippen LogP contribution is 2.30. The van der Waals surface area contributed by atoms with Gasteiger partial charge < -0.3 is 14.9 Å². The van der Waals surface area contributed by atoms with Gasteiger partial charge in [-0.25, -0.2) is 0 Å². The molecule has 1 heterocycles. The van der Waals surface area contributed by atoms with Crippen LogP contribution in [-0.2, 0) is 6.54 Å². The van der Waals surface area contributed by atoms with Crippen molar-refractivity contribution in [1.82, 2.24) is 0 Å². The van der Waals surface area contributed by atoms with E-state index < -0.39 is 0 Å². The molecule has 122 valence electrons. The van der Waals surface area contributed by atoms with Crippen LogP contribution in [0, 0.1) is 0 Å². The van der Waals surface area contributed by atoms with Crippen molar-refractivity contribution in [2.24, 2.45) is 0 Å². The lowest BCUT2D eigenvalue weighted by molar-refractivity contribution is -0.914. The van der Waals surface area contributed by atoms with E-state index >= 15 is 0 Å². The molecule has 0 saturated carbocycles. The maximum Gasteiger partial charge on any atom is 0.143 e. The SMILES string of the molecule is Oc1c(Cl)cc(Cl)cc1C[NH+]1CCN(c2ccc(Cl)cc2)CC1. The Morgan fingerprint density at radius 2 is 1.61 bits per heavy atom. The van der Waals surface area contributed by atoms with Crippen molar-refractivity contribution in [3.63, 3.8) is 0 Å². The summed E-state index contributed by atoms with van der Waals surface area (Å²) in [5.41, 5.74) is 2.00. The van der Waals surface area contributed by atoms with E-state index in [1.54, 1.807) is 12.1 Å². The van der Waals surface area contributed by atoms with E-state index in [1.807, 2.05) is 12.1 Å². The third-order valence-electron chi connectivity index (χ3n) is 4.21. The molecule has 3 nitrogen and oxygen atoms in total. The van der Waals surface area contributed by atoms with Crippen LogP contribution in [0.25, 0.3) is 0 Å². The second kappa shape index (κ2) is 7.18. The number of phenols is 1. The molecule has 6 heteroatoms. The lowest BCUT2D eigenvalue weighted by Crippen LogP contribution is -3.13. The van der Waals surface area contributed by atoms with Crippen molar-refractivity contribution in [2.75, 3.05) is 31.1 Å². The number of aromatic hydroxyl groups is 1. The molecule has 1 aliphatic rings. The number of halogens is 3. The molecule has 2 aromatic rings. The summed E-state index contributed by atoms with van der Waals surface area (Å²) >= 11 is 18.0. The topological polar surface area (TPSA) is 27.9 Å². The highest BCUT2D eigenvalue weighted by atomic mass is 35.5. The molecule has 2 aromatic carbocycles.